The van der Waals surface area contributed by atoms with Gasteiger partial charge in [0.2, 0.25) is 5.91 Å². The number of rotatable bonds is 5. The molecule has 24 heavy (non-hydrogen) atoms. The van der Waals surface area contributed by atoms with E-state index >= 15 is 0 Å². The van der Waals surface area contributed by atoms with Crippen LogP contribution in [0.15, 0.2) is 6.20 Å². The van der Waals surface area contributed by atoms with Gasteiger partial charge in [0.15, 0.2) is 0 Å². The summed E-state index contributed by atoms with van der Waals surface area (Å²) in [5, 5.41) is 0. The highest BCUT2D eigenvalue weighted by Crippen LogP contribution is 2.22. The maximum atomic E-state index is 12.6. The third kappa shape index (κ3) is 3.92. The zero-order valence-electron chi connectivity index (χ0n) is 15.2. The smallest absolute Gasteiger partial charge is 0.223 e. The van der Waals surface area contributed by atoms with E-state index in [2.05, 4.69) is 40.7 Å². The van der Waals surface area contributed by atoms with Gasteiger partial charge in [-0.15, -0.1) is 0 Å². The van der Waals surface area contributed by atoms with Crippen LogP contribution in [0.25, 0.3) is 0 Å². The quantitative estimate of drug-likeness (QED) is 0.814. The predicted octanol–water partition coefficient (Wildman–Crippen LogP) is 1.30. The Morgan fingerprint density at radius 1 is 1.25 bits per heavy atom. The molecule has 0 spiro atoms. The molecule has 6 nitrogen and oxygen atoms in total. The summed E-state index contributed by atoms with van der Waals surface area (Å²) >= 11 is 0. The molecule has 132 valence electrons. The lowest BCUT2D eigenvalue weighted by Crippen LogP contribution is -2.48. The number of carbonyl (C=O) groups is 1. The largest absolute Gasteiger partial charge is 0.332 e. The first-order valence-corrected chi connectivity index (χ1v) is 9.11. The molecule has 0 radical (unpaired) electrons. The Morgan fingerprint density at radius 3 is 2.71 bits per heavy atom. The third-order valence-electron chi connectivity index (χ3n) is 5.31. The van der Waals surface area contributed by atoms with Gasteiger partial charge in [-0.05, 0) is 20.4 Å². The van der Waals surface area contributed by atoms with E-state index in [1.807, 2.05) is 11.1 Å². The molecule has 3 heterocycles. The van der Waals surface area contributed by atoms with Crippen molar-refractivity contribution in [1.29, 1.82) is 0 Å². The number of likely N-dealkylation sites (N-methyl/N-ethyl adjacent to an activating group) is 1. The molecule has 0 bridgehead atoms. The highest BCUT2D eigenvalue weighted by Gasteiger charge is 2.26. The van der Waals surface area contributed by atoms with Gasteiger partial charge >= 0.3 is 0 Å². The summed E-state index contributed by atoms with van der Waals surface area (Å²) in [5.74, 6) is 1.11. The van der Waals surface area contributed by atoms with Crippen molar-refractivity contribution in [3.05, 3.63) is 23.3 Å². The summed E-state index contributed by atoms with van der Waals surface area (Å²) < 4.78 is 0. The molecule has 6 heteroatoms. The van der Waals surface area contributed by atoms with Crippen LogP contribution in [0.1, 0.15) is 43.8 Å². The average molecular weight is 331 g/mol. The summed E-state index contributed by atoms with van der Waals surface area (Å²) in [6, 6.07) is 0.471. The van der Waals surface area contributed by atoms with Crippen LogP contribution >= 0.6 is 0 Å². The molecule has 0 unspecified atom stereocenters. The van der Waals surface area contributed by atoms with Crippen molar-refractivity contribution in [1.82, 2.24) is 24.7 Å². The van der Waals surface area contributed by atoms with E-state index in [1.165, 1.54) is 0 Å². The number of nitrogens with zero attached hydrogens (tertiary/aromatic N) is 5. The van der Waals surface area contributed by atoms with E-state index in [1.54, 1.807) is 0 Å². The van der Waals surface area contributed by atoms with Crippen LogP contribution in [0, 0.1) is 0 Å². The summed E-state index contributed by atoms with van der Waals surface area (Å²) in [6.45, 7) is 10.1. The first-order valence-electron chi connectivity index (χ1n) is 9.11. The van der Waals surface area contributed by atoms with Gasteiger partial charge in [-0.3, -0.25) is 9.69 Å². The fourth-order valence-corrected chi connectivity index (χ4v) is 3.48. The summed E-state index contributed by atoms with van der Waals surface area (Å²) in [4.78, 5) is 28.3. The maximum absolute atomic E-state index is 12.6. The van der Waals surface area contributed by atoms with Crippen LogP contribution in [-0.2, 0) is 24.3 Å². The molecule has 0 aromatic carbocycles. The van der Waals surface area contributed by atoms with Gasteiger partial charge in [0, 0.05) is 63.4 Å². The lowest BCUT2D eigenvalue weighted by atomic mass is 10.1. The zero-order chi connectivity index (χ0) is 17.1. The Bertz CT molecular complexity index is 583. The van der Waals surface area contributed by atoms with Crippen molar-refractivity contribution in [3.63, 3.8) is 0 Å². The van der Waals surface area contributed by atoms with Crippen molar-refractivity contribution in [2.24, 2.45) is 0 Å². The molecule has 1 atom stereocenters. The first kappa shape index (κ1) is 17.3. The highest BCUT2D eigenvalue weighted by molar-refractivity contribution is 5.76. The molecular weight excluding hydrogens is 302 g/mol. The standard InChI is InChI=1S/C18H29N5O/c1-4-17-19-11-15-12-23(13-16(15)20-17)18(24)6-5-14(2)22-9-7-21(3)8-10-22/h11,14H,4-10,12-13H2,1-3H3/t14-/m1/s1. The van der Waals surface area contributed by atoms with Gasteiger partial charge in [-0.1, -0.05) is 6.92 Å². The number of carbonyl (C=O) groups excluding carboxylic acids is 1. The summed E-state index contributed by atoms with van der Waals surface area (Å²) in [5.41, 5.74) is 2.13. The number of amides is 1. The zero-order valence-corrected chi connectivity index (χ0v) is 15.2. The number of hydrogen-bond donors (Lipinski definition) is 0. The van der Waals surface area contributed by atoms with E-state index in [0.29, 0.717) is 25.6 Å². The van der Waals surface area contributed by atoms with Gasteiger partial charge in [-0.2, -0.15) is 0 Å². The minimum atomic E-state index is 0.243. The second-order valence-electron chi connectivity index (χ2n) is 7.09. The number of aromatic nitrogens is 2. The molecule has 1 fully saturated rings. The lowest BCUT2D eigenvalue weighted by molar-refractivity contribution is -0.132. The Balaban J connectivity index is 1.48. The fraction of sp³-hybridized carbons (Fsp3) is 0.722. The third-order valence-corrected chi connectivity index (χ3v) is 5.31. The van der Waals surface area contributed by atoms with Gasteiger partial charge in [-0.25, -0.2) is 9.97 Å². The molecule has 1 saturated heterocycles. The van der Waals surface area contributed by atoms with Gasteiger partial charge in [0.05, 0.1) is 12.2 Å². The second kappa shape index (κ2) is 7.57. The van der Waals surface area contributed by atoms with E-state index in [-0.39, 0.29) is 5.91 Å². The van der Waals surface area contributed by atoms with Crippen LogP contribution < -0.4 is 0 Å². The van der Waals surface area contributed by atoms with Crippen LogP contribution in [0.4, 0.5) is 0 Å². The molecule has 0 N–H and O–H groups in total. The Kier molecular flexibility index (Phi) is 5.46. The van der Waals surface area contributed by atoms with Crippen LogP contribution in [0.2, 0.25) is 0 Å². The van der Waals surface area contributed by atoms with Gasteiger partial charge < -0.3 is 9.80 Å². The maximum Gasteiger partial charge on any atom is 0.223 e. The predicted molar refractivity (Wildman–Crippen MR) is 93.4 cm³/mol. The van der Waals surface area contributed by atoms with Crippen molar-refractivity contribution >= 4 is 5.91 Å². The molecule has 1 aromatic heterocycles. The van der Waals surface area contributed by atoms with Crippen molar-refractivity contribution in [3.8, 4) is 0 Å². The Morgan fingerprint density at radius 2 is 2.00 bits per heavy atom. The Labute approximate surface area is 144 Å². The second-order valence-corrected chi connectivity index (χ2v) is 7.09. The molecule has 1 amide bonds. The highest BCUT2D eigenvalue weighted by atomic mass is 16.2. The van der Waals surface area contributed by atoms with Gasteiger partial charge in [0.25, 0.3) is 0 Å². The van der Waals surface area contributed by atoms with Gasteiger partial charge in [0.1, 0.15) is 5.82 Å². The summed E-state index contributed by atoms with van der Waals surface area (Å²) in [6.07, 6.45) is 4.28. The van der Waals surface area contributed by atoms with Crippen molar-refractivity contribution in [2.75, 3.05) is 33.2 Å². The van der Waals surface area contributed by atoms with E-state index in [4.69, 9.17) is 0 Å². The number of aryl methyl sites for hydroxylation is 1. The normalized spacial score (nSPS) is 20.2. The monoisotopic (exact) mass is 331 g/mol. The van der Waals surface area contributed by atoms with Crippen LogP contribution in [-0.4, -0.2) is 69.8 Å². The average Bonchev–Trinajstić information content (AvgIpc) is 3.03. The SMILES string of the molecule is CCc1ncc2c(n1)CN(C(=O)CC[C@@H](C)N1CCN(C)CC1)C2. The van der Waals surface area contributed by atoms with E-state index in [0.717, 1.165) is 56.1 Å². The van der Waals surface area contributed by atoms with Crippen molar-refractivity contribution < 1.29 is 4.79 Å². The summed E-state index contributed by atoms with van der Waals surface area (Å²) in [7, 11) is 2.17. The Hall–Kier alpha value is -1.53. The molecule has 3 rings (SSSR count). The van der Waals surface area contributed by atoms with E-state index in [9.17, 15) is 4.79 Å². The minimum absolute atomic E-state index is 0.243. The van der Waals surface area contributed by atoms with Crippen LogP contribution in [0.3, 0.4) is 0 Å². The first-order chi connectivity index (χ1) is 11.6. The molecule has 2 aliphatic heterocycles. The molecule has 0 saturated carbocycles. The fourth-order valence-electron chi connectivity index (χ4n) is 3.48. The molecule has 2 aliphatic rings. The van der Waals surface area contributed by atoms with E-state index < -0.39 is 0 Å². The molecular formula is C18H29N5O. The van der Waals surface area contributed by atoms with Crippen LogP contribution in [0.5, 0.6) is 0 Å². The number of hydrogen-bond acceptors (Lipinski definition) is 5. The van der Waals surface area contributed by atoms with Crippen molar-refractivity contribution in [2.45, 2.75) is 52.2 Å². The number of piperazine rings is 1. The molecule has 1 aromatic rings. The molecule has 0 aliphatic carbocycles. The number of fused-ring (bicyclic) bond motifs is 1. The topological polar surface area (TPSA) is 52.6 Å². The minimum Gasteiger partial charge on any atom is -0.332 e. The lowest BCUT2D eigenvalue weighted by Gasteiger charge is -2.36.